The van der Waals surface area contributed by atoms with Crippen LogP contribution in [0.5, 0.6) is 0 Å². The maximum atomic E-state index is 15.6. The van der Waals surface area contributed by atoms with E-state index in [0.29, 0.717) is 5.52 Å². The molecule has 2 aliphatic heterocycles. The first-order valence-corrected chi connectivity index (χ1v) is 24.0. The molecule has 0 N–H and O–H groups in total. The first-order valence-electron chi connectivity index (χ1n) is 23.8. The Bertz CT molecular complexity index is 3760. The average Bonchev–Trinajstić information content (AvgIpc) is 3.71. The van der Waals surface area contributed by atoms with Gasteiger partial charge in [-0.3, -0.25) is 0 Å². The van der Waals surface area contributed by atoms with Crippen LogP contribution in [0.3, 0.4) is 0 Å². The number of aromatic nitrogens is 1. The van der Waals surface area contributed by atoms with Crippen LogP contribution in [0.25, 0.3) is 72.0 Å². The second-order valence-corrected chi connectivity index (χ2v) is 19.4. The number of nitrogens with zero attached hydrogens (tertiary/aromatic N) is 2. The molecule has 2 nitrogen and oxygen atoms in total. The SMILES string of the molecule is [2H]C([2H])([2H])c1ccc2c(c1)c1ccc(F)cc1n2-c1cc2c3c(c1)N(c1c(-c4ccccc4)cccc1-c1ccccc1)c1ccc(-c4ccccc4)cc1B3c1cc(-c3ccccc3)ccc1[Se]2. The summed E-state index contributed by atoms with van der Waals surface area (Å²) >= 11 is -0.138. The zero-order chi connectivity index (χ0) is 46.4. The Hall–Kier alpha value is -7.69. The summed E-state index contributed by atoms with van der Waals surface area (Å²) in [5.74, 6) is -0.358. The van der Waals surface area contributed by atoms with Crippen LogP contribution in [0.4, 0.5) is 21.5 Å². The van der Waals surface area contributed by atoms with Gasteiger partial charge in [0.2, 0.25) is 0 Å². The number of benzene rings is 10. The van der Waals surface area contributed by atoms with Crippen molar-refractivity contribution < 1.29 is 8.50 Å². The van der Waals surface area contributed by atoms with E-state index in [2.05, 4.69) is 198 Å². The molecule has 310 valence electrons. The second-order valence-electron chi connectivity index (χ2n) is 17.2. The van der Waals surface area contributed by atoms with E-state index in [-0.39, 0.29) is 33.1 Å². The van der Waals surface area contributed by atoms with Gasteiger partial charge in [-0.1, -0.05) is 0 Å². The molecule has 1 aromatic heterocycles. The Kier molecular flexibility index (Phi) is 8.37. The fourth-order valence-corrected chi connectivity index (χ4v) is 13.0. The second kappa shape index (κ2) is 15.5. The van der Waals surface area contributed by atoms with E-state index in [9.17, 15) is 0 Å². The fraction of sp³-hybridized carbons (Fsp3) is 0.0164. The Labute approximate surface area is 394 Å². The van der Waals surface area contributed by atoms with Gasteiger partial charge in [0.25, 0.3) is 0 Å². The molecule has 0 aliphatic carbocycles. The molecule has 0 atom stereocenters. The van der Waals surface area contributed by atoms with Crippen LogP contribution in [0.2, 0.25) is 0 Å². The molecule has 3 heterocycles. The van der Waals surface area contributed by atoms with Gasteiger partial charge in [-0.2, -0.15) is 0 Å². The zero-order valence-electron chi connectivity index (χ0n) is 38.6. The van der Waals surface area contributed by atoms with Gasteiger partial charge in [0, 0.05) is 0 Å². The predicted molar refractivity (Wildman–Crippen MR) is 278 cm³/mol. The molecule has 11 aromatic rings. The third-order valence-electron chi connectivity index (χ3n) is 13.4. The van der Waals surface area contributed by atoms with Crippen LogP contribution < -0.4 is 30.2 Å². The van der Waals surface area contributed by atoms with Crippen LogP contribution in [0, 0.1) is 12.7 Å². The van der Waals surface area contributed by atoms with Crippen molar-refractivity contribution >= 4 is 85.8 Å². The van der Waals surface area contributed by atoms with Crippen LogP contribution in [0.1, 0.15) is 9.68 Å². The van der Waals surface area contributed by atoms with E-state index in [1.54, 1.807) is 24.3 Å². The van der Waals surface area contributed by atoms with Crippen molar-refractivity contribution in [2.75, 3.05) is 4.90 Å². The molecule has 0 saturated carbocycles. The number of rotatable bonds is 6. The van der Waals surface area contributed by atoms with Crippen LogP contribution >= 0.6 is 0 Å². The number of aryl methyl sites for hydroxylation is 1. The minimum atomic E-state index is -2.30. The molecule has 0 spiro atoms. The van der Waals surface area contributed by atoms with E-state index in [1.807, 2.05) is 6.07 Å². The van der Waals surface area contributed by atoms with Crippen molar-refractivity contribution in [1.29, 1.82) is 0 Å². The molecule has 0 saturated heterocycles. The van der Waals surface area contributed by atoms with Gasteiger partial charge in [-0.25, -0.2) is 0 Å². The molecule has 5 heteroatoms. The maximum absolute atomic E-state index is 15.6. The summed E-state index contributed by atoms with van der Waals surface area (Å²) in [6, 6.07) is 78.1. The molecule has 0 radical (unpaired) electrons. The summed E-state index contributed by atoms with van der Waals surface area (Å²) in [4.78, 5) is 2.51. The molecular weight excluding hydrogens is 869 g/mol. The van der Waals surface area contributed by atoms with Crippen molar-refractivity contribution in [3.63, 3.8) is 0 Å². The molecular formula is C61H40BFN2Se. The molecule has 13 rings (SSSR count). The zero-order valence-corrected chi connectivity index (χ0v) is 37.3. The molecule has 66 heavy (non-hydrogen) atoms. The Morgan fingerprint density at radius 2 is 1.08 bits per heavy atom. The molecule has 0 unspecified atom stereocenters. The standard InChI is InChI=1S/C61H40BFN2Se/c1-39-25-30-54-51(33-39)50-29-28-46(63)36-56(50)64(54)47-37-57-60-59(38-47)66-58-32-27-45(41-17-8-3-9-18-41)35-53(58)62(60)52-34-44(40-15-6-2-7-16-40)26-31-55(52)65(57)61-48(42-19-10-4-11-20-42)23-14-24-49(61)43-21-12-5-13-22-43/h2-38H,1H3/i1D3. The first-order chi connectivity index (χ1) is 33.8. The number of hydrogen-bond acceptors (Lipinski definition) is 1. The van der Waals surface area contributed by atoms with E-state index in [4.69, 9.17) is 4.11 Å². The minimum absolute atomic E-state index is 0.116. The van der Waals surface area contributed by atoms with Crippen LogP contribution in [0.15, 0.2) is 224 Å². The first kappa shape index (κ1) is 35.6. The predicted octanol–water partition coefficient (Wildman–Crippen LogP) is 12.2. The monoisotopic (exact) mass is 913 g/mol. The van der Waals surface area contributed by atoms with Gasteiger partial charge in [0.05, 0.1) is 0 Å². The Morgan fingerprint density at radius 1 is 0.455 bits per heavy atom. The summed E-state index contributed by atoms with van der Waals surface area (Å²) in [7, 11) is 0. The van der Waals surface area contributed by atoms with Gasteiger partial charge in [-0.15, -0.1) is 0 Å². The normalized spacial score (nSPS) is 13.4. The van der Waals surface area contributed by atoms with E-state index < -0.39 is 6.85 Å². The van der Waals surface area contributed by atoms with E-state index in [1.165, 1.54) is 42.5 Å². The van der Waals surface area contributed by atoms with Gasteiger partial charge in [0.15, 0.2) is 0 Å². The number of para-hydroxylation sites is 1. The third-order valence-corrected chi connectivity index (χ3v) is 15.8. The van der Waals surface area contributed by atoms with Gasteiger partial charge in [0.1, 0.15) is 0 Å². The van der Waals surface area contributed by atoms with Crippen molar-refractivity contribution in [2.24, 2.45) is 0 Å². The van der Waals surface area contributed by atoms with E-state index >= 15 is 4.39 Å². The number of hydrogen-bond donors (Lipinski definition) is 0. The molecule has 10 aromatic carbocycles. The van der Waals surface area contributed by atoms with Crippen molar-refractivity contribution in [1.82, 2.24) is 4.57 Å². The van der Waals surface area contributed by atoms with Gasteiger partial charge in [-0.05, 0) is 0 Å². The van der Waals surface area contributed by atoms with Crippen molar-refractivity contribution in [3.8, 4) is 50.2 Å². The van der Waals surface area contributed by atoms with E-state index in [0.717, 1.165) is 72.4 Å². The third kappa shape index (κ3) is 6.23. The van der Waals surface area contributed by atoms with Crippen molar-refractivity contribution in [2.45, 2.75) is 6.85 Å². The summed E-state index contributed by atoms with van der Waals surface area (Å²) in [5.41, 5.74) is 18.7. The summed E-state index contributed by atoms with van der Waals surface area (Å²) in [5, 5.41) is 1.56. The fourth-order valence-electron chi connectivity index (χ4n) is 10.5. The number of halogens is 1. The number of fused-ring (bicyclic) bond motifs is 7. The topological polar surface area (TPSA) is 8.17 Å². The average molecular weight is 913 g/mol. The van der Waals surface area contributed by atoms with Gasteiger partial charge < -0.3 is 0 Å². The molecule has 0 bridgehead atoms. The number of anilines is 3. The van der Waals surface area contributed by atoms with Crippen molar-refractivity contribution in [3.05, 3.63) is 236 Å². The Morgan fingerprint density at radius 3 is 1.73 bits per heavy atom. The summed E-state index contributed by atoms with van der Waals surface area (Å²) < 4.78 is 45.3. The van der Waals surface area contributed by atoms with Crippen LogP contribution in [-0.4, -0.2) is 26.2 Å². The molecule has 0 amide bonds. The summed E-state index contributed by atoms with van der Waals surface area (Å²) in [6.45, 7) is -2.42. The summed E-state index contributed by atoms with van der Waals surface area (Å²) in [6.07, 6.45) is 0. The Balaban J connectivity index is 1.17. The quantitative estimate of drug-likeness (QED) is 0.151. The van der Waals surface area contributed by atoms with Crippen LogP contribution in [-0.2, 0) is 0 Å². The molecule has 2 aliphatic rings. The van der Waals surface area contributed by atoms with Gasteiger partial charge >= 0.3 is 397 Å². The molecule has 0 fully saturated rings.